The van der Waals surface area contributed by atoms with Gasteiger partial charge in [-0.1, -0.05) is 71.0 Å². The monoisotopic (exact) mass is 461 g/mol. The van der Waals surface area contributed by atoms with Gasteiger partial charge in [0.1, 0.15) is 5.75 Å². The maximum atomic E-state index is 13.6. The number of para-hydroxylation sites is 1. The lowest BCUT2D eigenvalue weighted by molar-refractivity contribution is -0.146. The van der Waals surface area contributed by atoms with E-state index in [1.165, 1.54) is 5.57 Å². The van der Waals surface area contributed by atoms with E-state index in [2.05, 4.69) is 58.7 Å². The van der Waals surface area contributed by atoms with Crippen LogP contribution in [0.1, 0.15) is 72.3 Å². The van der Waals surface area contributed by atoms with E-state index in [0.29, 0.717) is 23.5 Å². The van der Waals surface area contributed by atoms with E-state index in [-0.39, 0.29) is 40.1 Å². The van der Waals surface area contributed by atoms with Crippen LogP contribution in [0.15, 0.2) is 48.6 Å². The lowest BCUT2D eigenvalue weighted by Gasteiger charge is -2.59. The Balaban J connectivity index is 1.41. The van der Waals surface area contributed by atoms with E-state index in [1.807, 2.05) is 18.2 Å². The molecule has 4 heteroatoms. The fraction of sp³-hybridized carbons (Fsp3) is 0.600. The Labute approximate surface area is 204 Å². The zero-order valence-corrected chi connectivity index (χ0v) is 21.3. The predicted octanol–water partition coefficient (Wildman–Crippen LogP) is 5.97. The molecule has 1 heterocycles. The normalized spacial score (nSPS) is 39.0. The first-order valence-corrected chi connectivity index (χ1v) is 12.9. The predicted molar refractivity (Wildman–Crippen MR) is 134 cm³/mol. The topological polar surface area (TPSA) is 55.4 Å². The van der Waals surface area contributed by atoms with Gasteiger partial charge < -0.3 is 10.1 Å². The Morgan fingerprint density at radius 3 is 2.59 bits per heavy atom. The van der Waals surface area contributed by atoms with Crippen molar-refractivity contribution in [3.63, 3.8) is 0 Å². The second-order valence-corrected chi connectivity index (χ2v) is 12.7. The van der Waals surface area contributed by atoms with E-state index in [4.69, 9.17) is 4.74 Å². The third-order valence-corrected chi connectivity index (χ3v) is 9.86. The number of hydrogen-bond donors (Lipinski definition) is 1. The van der Waals surface area contributed by atoms with Gasteiger partial charge in [0.2, 0.25) is 5.91 Å². The molecule has 4 nitrogen and oxygen atoms in total. The van der Waals surface area contributed by atoms with Crippen molar-refractivity contribution in [3.8, 4) is 5.75 Å². The molecule has 3 aliphatic carbocycles. The van der Waals surface area contributed by atoms with Crippen molar-refractivity contribution in [1.29, 1.82) is 0 Å². The van der Waals surface area contributed by atoms with E-state index in [0.717, 1.165) is 37.7 Å². The molecule has 1 aromatic rings. The van der Waals surface area contributed by atoms with Crippen LogP contribution in [-0.2, 0) is 15.0 Å². The zero-order chi connectivity index (χ0) is 24.5. The number of amides is 1. The van der Waals surface area contributed by atoms with Crippen LogP contribution in [0.3, 0.4) is 0 Å². The van der Waals surface area contributed by atoms with Crippen molar-refractivity contribution in [3.05, 3.63) is 54.1 Å². The molecule has 7 atom stereocenters. The first-order valence-electron chi connectivity index (χ1n) is 12.9. The smallest absolute Gasteiger partial charge is 0.314 e. The van der Waals surface area contributed by atoms with E-state index in [9.17, 15) is 9.59 Å². The third-order valence-electron chi connectivity index (χ3n) is 9.86. The van der Waals surface area contributed by atoms with Gasteiger partial charge in [0, 0.05) is 17.0 Å². The zero-order valence-electron chi connectivity index (χ0n) is 21.3. The number of hydrogen-bond acceptors (Lipinski definition) is 3. The summed E-state index contributed by atoms with van der Waals surface area (Å²) >= 11 is 0. The summed E-state index contributed by atoms with van der Waals surface area (Å²) in [4.78, 5) is 25.7. The highest BCUT2D eigenvalue weighted by Crippen LogP contribution is 2.66. The SMILES string of the molecule is C=C1C[C@H]2NC(=O)C=C[C@]2(C)[C@H]2CC[C@]3(C)[C@@H](C(=O)Oc4ccccc4C(C)(C)C)CC[C@H]3[C@H]12. The van der Waals surface area contributed by atoms with Crippen molar-refractivity contribution in [2.75, 3.05) is 0 Å². The van der Waals surface area contributed by atoms with Crippen LogP contribution in [0.2, 0.25) is 0 Å². The van der Waals surface area contributed by atoms with Gasteiger partial charge in [-0.25, -0.2) is 0 Å². The summed E-state index contributed by atoms with van der Waals surface area (Å²) in [6, 6.07) is 8.07. The molecule has 0 unspecified atom stereocenters. The van der Waals surface area contributed by atoms with Gasteiger partial charge in [-0.3, -0.25) is 9.59 Å². The Bertz CT molecular complexity index is 1070. The lowest BCUT2D eigenvalue weighted by atomic mass is 9.47. The molecule has 1 N–H and O–H groups in total. The minimum Gasteiger partial charge on any atom is -0.426 e. The second-order valence-electron chi connectivity index (χ2n) is 12.7. The van der Waals surface area contributed by atoms with Gasteiger partial charge in [-0.05, 0) is 72.8 Å². The van der Waals surface area contributed by atoms with Crippen molar-refractivity contribution in [1.82, 2.24) is 5.32 Å². The highest BCUT2D eigenvalue weighted by molar-refractivity contribution is 5.89. The fourth-order valence-corrected chi connectivity index (χ4v) is 7.95. The van der Waals surface area contributed by atoms with Crippen molar-refractivity contribution in [2.45, 2.75) is 78.2 Å². The number of esters is 1. The number of nitrogens with one attached hydrogen (secondary N) is 1. The molecular weight excluding hydrogens is 422 g/mol. The van der Waals surface area contributed by atoms with Crippen LogP contribution in [0, 0.1) is 34.5 Å². The van der Waals surface area contributed by atoms with Crippen LogP contribution in [0.4, 0.5) is 0 Å². The molecule has 3 fully saturated rings. The second kappa shape index (κ2) is 7.83. The Morgan fingerprint density at radius 2 is 1.85 bits per heavy atom. The highest BCUT2D eigenvalue weighted by Gasteiger charge is 2.62. The summed E-state index contributed by atoms with van der Waals surface area (Å²) in [5.41, 5.74) is 2.10. The van der Waals surface area contributed by atoms with Crippen LogP contribution < -0.4 is 10.1 Å². The summed E-state index contributed by atoms with van der Waals surface area (Å²) < 4.78 is 6.13. The Morgan fingerprint density at radius 1 is 1.12 bits per heavy atom. The number of benzene rings is 1. The number of ether oxygens (including phenoxy) is 1. The summed E-state index contributed by atoms with van der Waals surface area (Å²) in [5.74, 6) is 1.80. The molecule has 0 aromatic heterocycles. The summed E-state index contributed by atoms with van der Waals surface area (Å²) in [6.45, 7) is 15.6. The first-order chi connectivity index (χ1) is 15.9. The molecule has 1 aliphatic heterocycles. The first kappa shape index (κ1) is 23.4. The number of rotatable bonds is 2. The van der Waals surface area contributed by atoms with E-state index >= 15 is 0 Å². The fourth-order valence-electron chi connectivity index (χ4n) is 7.95. The lowest BCUT2D eigenvalue weighted by Crippen LogP contribution is -2.60. The van der Waals surface area contributed by atoms with Crippen LogP contribution in [-0.4, -0.2) is 17.9 Å². The molecule has 1 aromatic carbocycles. The Hall–Kier alpha value is -2.36. The maximum absolute atomic E-state index is 13.6. The van der Waals surface area contributed by atoms with Crippen LogP contribution in [0.5, 0.6) is 5.75 Å². The van der Waals surface area contributed by atoms with Gasteiger partial charge in [0.15, 0.2) is 0 Å². The van der Waals surface area contributed by atoms with Crippen molar-refractivity contribution in [2.24, 2.45) is 34.5 Å². The molecule has 182 valence electrons. The third kappa shape index (κ3) is 3.48. The average Bonchev–Trinajstić information content (AvgIpc) is 3.12. The quantitative estimate of drug-likeness (QED) is 0.335. The van der Waals surface area contributed by atoms with Crippen molar-refractivity contribution >= 4 is 11.9 Å². The number of fused-ring (bicyclic) bond motifs is 5. The standard InChI is InChI=1S/C30H39NO3/c1-18-17-24-30(6,16-14-25(32)31-24)21-13-15-29(5)20(26(18)21)11-12-22(29)27(33)34-23-10-8-7-9-19(23)28(2,3)4/h7-10,14,16,20-22,24,26H,1,11-13,15,17H2,2-6H3,(H,31,32)/t20-,21-,22+,24+,26-,29-,30+/m0/s1. The molecule has 4 aliphatic rings. The molecule has 3 saturated carbocycles. The molecular formula is C30H39NO3. The van der Waals surface area contributed by atoms with Crippen LogP contribution >= 0.6 is 0 Å². The Kier molecular flexibility index (Phi) is 5.38. The minimum atomic E-state index is -0.0915. The van der Waals surface area contributed by atoms with Gasteiger partial charge in [-0.15, -0.1) is 0 Å². The minimum absolute atomic E-state index is 0.00795. The molecule has 0 radical (unpaired) electrons. The molecule has 0 bridgehead atoms. The maximum Gasteiger partial charge on any atom is 0.314 e. The van der Waals surface area contributed by atoms with Gasteiger partial charge in [-0.2, -0.15) is 0 Å². The molecule has 0 spiro atoms. The summed E-state index contributed by atoms with van der Waals surface area (Å²) in [7, 11) is 0. The van der Waals surface area contributed by atoms with Crippen LogP contribution in [0.25, 0.3) is 0 Å². The summed E-state index contributed by atoms with van der Waals surface area (Å²) in [6.07, 6.45) is 8.68. The molecule has 5 rings (SSSR count). The summed E-state index contributed by atoms with van der Waals surface area (Å²) in [5, 5.41) is 3.20. The molecule has 1 amide bonds. The van der Waals surface area contributed by atoms with Crippen molar-refractivity contribution < 1.29 is 14.3 Å². The van der Waals surface area contributed by atoms with E-state index in [1.54, 1.807) is 6.08 Å². The van der Waals surface area contributed by atoms with E-state index < -0.39 is 0 Å². The molecule has 34 heavy (non-hydrogen) atoms. The van der Waals surface area contributed by atoms with Gasteiger partial charge >= 0.3 is 5.97 Å². The van der Waals surface area contributed by atoms with Gasteiger partial charge in [0.25, 0.3) is 0 Å². The number of carbonyl (C=O) groups is 2. The highest BCUT2D eigenvalue weighted by atomic mass is 16.5. The number of carbonyl (C=O) groups excluding carboxylic acids is 2. The van der Waals surface area contributed by atoms with Gasteiger partial charge in [0.05, 0.1) is 5.92 Å². The average molecular weight is 462 g/mol. The molecule has 0 saturated heterocycles. The largest absolute Gasteiger partial charge is 0.426 e.